The monoisotopic (exact) mass is 446 g/mol. The lowest BCUT2D eigenvalue weighted by Crippen LogP contribution is -2.32. The van der Waals surface area contributed by atoms with Gasteiger partial charge >= 0.3 is 0 Å². The highest BCUT2D eigenvalue weighted by Crippen LogP contribution is 2.32. The molecule has 4 aromatic rings. The van der Waals surface area contributed by atoms with E-state index in [4.69, 9.17) is 4.74 Å². The maximum absolute atomic E-state index is 10.2. The number of hydrogen-bond donors (Lipinski definition) is 2. The van der Waals surface area contributed by atoms with Crippen LogP contribution in [0.5, 0.6) is 5.75 Å². The Morgan fingerprint density at radius 2 is 1.85 bits per heavy atom. The Balaban J connectivity index is 1.63. The fourth-order valence-corrected chi connectivity index (χ4v) is 3.44. The Bertz CT molecular complexity index is 1270. The van der Waals surface area contributed by atoms with E-state index in [0.717, 1.165) is 28.0 Å². The van der Waals surface area contributed by atoms with Crippen LogP contribution in [0.2, 0.25) is 0 Å². The van der Waals surface area contributed by atoms with Crippen LogP contribution >= 0.6 is 0 Å². The zero-order chi connectivity index (χ0) is 23.8. The van der Waals surface area contributed by atoms with Crippen LogP contribution in [-0.4, -0.2) is 41.9 Å². The summed E-state index contributed by atoms with van der Waals surface area (Å²) in [6, 6.07) is 9.94. The molecule has 0 unspecified atom stereocenters. The molecular weight excluding hydrogens is 416 g/mol. The van der Waals surface area contributed by atoms with E-state index in [9.17, 15) is 5.11 Å². The molecule has 2 N–H and O–H groups in total. The second-order valence-electron chi connectivity index (χ2n) is 9.07. The molecule has 0 saturated carbocycles. The summed E-state index contributed by atoms with van der Waals surface area (Å²) >= 11 is 0. The van der Waals surface area contributed by atoms with Gasteiger partial charge in [-0.05, 0) is 58.4 Å². The zero-order valence-corrected chi connectivity index (χ0v) is 19.9. The molecule has 0 spiro atoms. The summed E-state index contributed by atoms with van der Waals surface area (Å²) in [4.78, 5) is 13.1. The van der Waals surface area contributed by atoms with Gasteiger partial charge in [0.2, 0.25) is 0 Å². The molecule has 4 rings (SSSR count). The molecule has 0 aliphatic heterocycles. The molecule has 172 valence electrons. The Morgan fingerprint density at radius 1 is 1.06 bits per heavy atom. The molecule has 0 aliphatic rings. The SMILES string of the molecule is Cc1cc(-c2ccn3nc(Nc4cc(C)nc(C)n4)cc3c2)c(OC[C@H](C)C(C)(C)O)cn1. The van der Waals surface area contributed by atoms with Crippen molar-refractivity contribution in [1.29, 1.82) is 0 Å². The van der Waals surface area contributed by atoms with Crippen LogP contribution in [0.15, 0.2) is 42.7 Å². The summed E-state index contributed by atoms with van der Waals surface area (Å²) in [6.07, 6.45) is 3.67. The van der Waals surface area contributed by atoms with Crippen molar-refractivity contribution in [3.8, 4) is 16.9 Å². The van der Waals surface area contributed by atoms with E-state index in [1.807, 2.05) is 62.7 Å². The minimum atomic E-state index is -0.820. The topological polar surface area (TPSA) is 97.5 Å². The number of aromatic nitrogens is 5. The molecule has 0 amide bonds. The molecule has 0 saturated heterocycles. The summed E-state index contributed by atoms with van der Waals surface area (Å²) in [5.41, 5.74) is 3.86. The first-order valence-electron chi connectivity index (χ1n) is 11.0. The molecule has 0 fully saturated rings. The normalized spacial score (nSPS) is 12.7. The highest BCUT2D eigenvalue weighted by atomic mass is 16.5. The lowest BCUT2D eigenvalue weighted by atomic mass is 9.94. The second-order valence-corrected chi connectivity index (χ2v) is 9.07. The van der Waals surface area contributed by atoms with Gasteiger partial charge in [-0.3, -0.25) is 4.98 Å². The standard InChI is InChI=1S/C25H30N6O2/c1-15(25(5,6)32)14-33-22-13-26-16(2)9-21(22)19-7-8-31-20(11-19)12-24(30-31)29-23-10-17(3)27-18(4)28-23/h7-13,15,32H,14H2,1-6H3,(H,27,28,29,30)/t15-/m0/s1. The van der Waals surface area contributed by atoms with Gasteiger partial charge in [0.25, 0.3) is 0 Å². The van der Waals surface area contributed by atoms with Crippen molar-refractivity contribution < 1.29 is 9.84 Å². The summed E-state index contributed by atoms with van der Waals surface area (Å²) < 4.78 is 7.90. The Kier molecular flexibility index (Phi) is 6.03. The molecule has 33 heavy (non-hydrogen) atoms. The van der Waals surface area contributed by atoms with Gasteiger partial charge in [-0.1, -0.05) is 6.92 Å². The molecule has 0 aliphatic carbocycles. The summed E-state index contributed by atoms with van der Waals surface area (Å²) in [5, 5.41) is 18.1. The van der Waals surface area contributed by atoms with Crippen molar-refractivity contribution in [2.45, 2.75) is 47.1 Å². The zero-order valence-electron chi connectivity index (χ0n) is 19.9. The van der Waals surface area contributed by atoms with Crippen LogP contribution in [0.1, 0.15) is 38.0 Å². The van der Waals surface area contributed by atoms with Crippen molar-refractivity contribution in [1.82, 2.24) is 24.6 Å². The molecule has 8 heteroatoms. The molecule has 0 bridgehead atoms. The molecule has 8 nitrogen and oxygen atoms in total. The number of rotatable bonds is 7. The molecule has 1 atom stereocenters. The number of pyridine rings is 2. The van der Waals surface area contributed by atoms with E-state index < -0.39 is 5.60 Å². The third kappa shape index (κ3) is 5.28. The van der Waals surface area contributed by atoms with E-state index in [1.165, 1.54) is 0 Å². The molecule has 4 aromatic heterocycles. The number of nitrogens with one attached hydrogen (secondary N) is 1. The quantitative estimate of drug-likeness (QED) is 0.427. The highest BCUT2D eigenvalue weighted by molar-refractivity contribution is 5.75. The van der Waals surface area contributed by atoms with Crippen molar-refractivity contribution >= 4 is 17.2 Å². The number of ether oxygens (including phenoxy) is 1. The second kappa shape index (κ2) is 8.78. The van der Waals surface area contributed by atoms with Gasteiger partial charge in [-0.25, -0.2) is 14.5 Å². The van der Waals surface area contributed by atoms with Gasteiger partial charge in [-0.15, -0.1) is 0 Å². The molecule has 4 heterocycles. The summed E-state index contributed by atoms with van der Waals surface area (Å²) in [6.45, 7) is 11.7. The minimum Gasteiger partial charge on any atom is -0.491 e. The molecule has 0 radical (unpaired) electrons. The number of nitrogens with zero attached hydrogens (tertiary/aromatic N) is 5. The van der Waals surface area contributed by atoms with Crippen molar-refractivity contribution in [3.63, 3.8) is 0 Å². The fraction of sp³-hybridized carbons (Fsp3) is 0.360. The molecule has 0 aromatic carbocycles. The van der Waals surface area contributed by atoms with Crippen molar-refractivity contribution in [2.75, 3.05) is 11.9 Å². The Labute approximate surface area is 193 Å². The van der Waals surface area contributed by atoms with Crippen molar-refractivity contribution in [2.24, 2.45) is 5.92 Å². The molecular formula is C25H30N6O2. The first kappa shape index (κ1) is 22.7. The predicted octanol–water partition coefficient (Wildman–Crippen LogP) is 4.64. The Hall–Kier alpha value is -3.52. The maximum Gasteiger partial charge on any atom is 0.154 e. The van der Waals surface area contributed by atoms with Gasteiger partial charge in [0.15, 0.2) is 5.82 Å². The summed E-state index contributed by atoms with van der Waals surface area (Å²) in [5.74, 6) is 2.77. The fourth-order valence-electron chi connectivity index (χ4n) is 3.44. The van der Waals surface area contributed by atoms with E-state index >= 15 is 0 Å². The number of aliphatic hydroxyl groups is 1. The van der Waals surface area contributed by atoms with E-state index in [2.05, 4.69) is 31.4 Å². The average molecular weight is 447 g/mol. The van der Waals surface area contributed by atoms with E-state index in [-0.39, 0.29) is 5.92 Å². The van der Waals surface area contributed by atoms with E-state index in [1.54, 1.807) is 20.0 Å². The minimum absolute atomic E-state index is 0.0355. The van der Waals surface area contributed by atoms with Gasteiger partial charge in [0, 0.05) is 41.2 Å². The smallest absolute Gasteiger partial charge is 0.154 e. The average Bonchev–Trinajstić information content (AvgIpc) is 3.12. The van der Waals surface area contributed by atoms with Crippen LogP contribution in [0, 0.1) is 26.7 Å². The number of fused-ring (bicyclic) bond motifs is 1. The lowest BCUT2D eigenvalue weighted by molar-refractivity contribution is 0.00497. The van der Waals surface area contributed by atoms with Crippen LogP contribution < -0.4 is 10.1 Å². The van der Waals surface area contributed by atoms with Crippen LogP contribution in [-0.2, 0) is 0 Å². The van der Waals surface area contributed by atoms with Gasteiger partial charge < -0.3 is 15.2 Å². The van der Waals surface area contributed by atoms with E-state index in [0.29, 0.717) is 29.8 Å². The maximum atomic E-state index is 10.2. The third-order valence-corrected chi connectivity index (χ3v) is 5.70. The lowest BCUT2D eigenvalue weighted by Gasteiger charge is -2.26. The number of aryl methyl sites for hydroxylation is 3. The van der Waals surface area contributed by atoms with Crippen molar-refractivity contribution in [3.05, 3.63) is 59.9 Å². The van der Waals surface area contributed by atoms with Gasteiger partial charge in [-0.2, -0.15) is 5.10 Å². The first-order chi connectivity index (χ1) is 15.6. The van der Waals surface area contributed by atoms with Crippen LogP contribution in [0.25, 0.3) is 16.6 Å². The third-order valence-electron chi connectivity index (χ3n) is 5.70. The predicted molar refractivity (Wildman–Crippen MR) is 129 cm³/mol. The van der Waals surface area contributed by atoms with Crippen LogP contribution in [0.4, 0.5) is 11.6 Å². The van der Waals surface area contributed by atoms with Gasteiger partial charge in [0.1, 0.15) is 17.4 Å². The van der Waals surface area contributed by atoms with Crippen LogP contribution in [0.3, 0.4) is 0 Å². The highest BCUT2D eigenvalue weighted by Gasteiger charge is 2.23. The van der Waals surface area contributed by atoms with Gasteiger partial charge in [0.05, 0.1) is 23.9 Å². The number of anilines is 2. The summed E-state index contributed by atoms with van der Waals surface area (Å²) in [7, 11) is 0. The first-order valence-corrected chi connectivity index (χ1v) is 11.0. The Morgan fingerprint density at radius 3 is 2.58 bits per heavy atom. The largest absolute Gasteiger partial charge is 0.491 e. The number of hydrogen-bond acceptors (Lipinski definition) is 7.